The highest BCUT2D eigenvalue weighted by Gasteiger charge is 2.46. The third kappa shape index (κ3) is 2.23. The Morgan fingerprint density at radius 1 is 1.29 bits per heavy atom. The van der Waals surface area contributed by atoms with E-state index in [0.717, 1.165) is 13.2 Å². The molecule has 1 aromatic rings. The quantitative estimate of drug-likeness (QED) is 0.859. The molecule has 1 saturated heterocycles. The summed E-state index contributed by atoms with van der Waals surface area (Å²) in [7, 11) is 4.22. The topological polar surface area (TPSA) is 38.5 Å². The first-order valence-corrected chi connectivity index (χ1v) is 6.10. The molecule has 0 aromatic heterocycles. The summed E-state index contributed by atoms with van der Waals surface area (Å²) in [6.07, 6.45) is 0. The molecule has 17 heavy (non-hydrogen) atoms. The van der Waals surface area contributed by atoms with Crippen molar-refractivity contribution >= 4 is 0 Å². The van der Waals surface area contributed by atoms with Gasteiger partial charge in [0.15, 0.2) is 0 Å². The number of rotatable bonds is 4. The van der Waals surface area contributed by atoms with Crippen molar-refractivity contribution in [3.63, 3.8) is 0 Å². The summed E-state index contributed by atoms with van der Waals surface area (Å²) in [6.45, 7) is 4.31. The maximum absolute atomic E-state index is 5.97. The number of hydrogen-bond acceptors (Lipinski definition) is 3. The first-order valence-electron chi connectivity index (χ1n) is 6.10. The monoisotopic (exact) mass is 234 g/mol. The van der Waals surface area contributed by atoms with Gasteiger partial charge in [0, 0.05) is 18.0 Å². The highest BCUT2D eigenvalue weighted by molar-refractivity contribution is 5.27. The third-order valence-electron chi connectivity index (χ3n) is 3.68. The van der Waals surface area contributed by atoms with Crippen LogP contribution in [-0.2, 0) is 4.74 Å². The van der Waals surface area contributed by atoms with Gasteiger partial charge in [-0.05, 0) is 26.6 Å². The number of nitrogens with two attached hydrogens (primary N) is 1. The Morgan fingerprint density at radius 3 is 2.24 bits per heavy atom. The van der Waals surface area contributed by atoms with Crippen LogP contribution >= 0.6 is 0 Å². The Kier molecular flexibility index (Phi) is 3.52. The lowest BCUT2D eigenvalue weighted by Gasteiger charge is -2.49. The van der Waals surface area contributed by atoms with E-state index in [1.54, 1.807) is 0 Å². The van der Waals surface area contributed by atoms with E-state index in [1.165, 1.54) is 11.1 Å². The van der Waals surface area contributed by atoms with Crippen molar-refractivity contribution in [2.24, 2.45) is 11.1 Å². The largest absolute Gasteiger partial charge is 0.380 e. The minimum atomic E-state index is 0.0821. The van der Waals surface area contributed by atoms with Gasteiger partial charge in [-0.15, -0.1) is 0 Å². The molecule has 1 unspecified atom stereocenters. The van der Waals surface area contributed by atoms with E-state index in [2.05, 4.69) is 50.2 Å². The average Bonchev–Trinajstić information content (AvgIpc) is 2.24. The molecule has 1 aromatic carbocycles. The molecule has 0 bridgehead atoms. The fourth-order valence-corrected chi connectivity index (χ4v) is 2.70. The van der Waals surface area contributed by atoms with Crippen molar-refractivity contribution in [2.75, 3.05) is 33.9 Å². The summed E-state index contributed by atoms with van der Waals surface area (Å²) >= 11 is 0. The van der Waals surface area contributed by atoms with Crippen molar-refractivity contribution in [2.45, 2.75) is 13.0 Å². The third-order valence-corrected chi connectivity index (χ3v) is 3.68. The van der Waals surface area contributed by atoms with Gasteiger partial charge in [0.05, 0.1) is 13.2 Å². The van der Waals surface area contributed by atoms with E-state index >= 15 is 0 Å². The molecule has 1 aliphatic rings. The molecule has 3 nitrogen and oxygen atoms in total. The van der Waals surface area contributed by atoms with Crippen molar-refractivity contribution in [1.82, 2.24) is 4.90 Å². The Morgan fingerprint density at radius 2 is 1.88 bits per heavy atom. The minimum absolute atomic E-state index is 0.0821. The molecule has 1 fully saturated rings. The maximum Gasteiger partial charge on any atom is 0.0575 e. The van der Waals surface area contributed by atoms with Gasteiger partial charge < -0.3 is 15.4 Å². The Bertz CT molecular complexity index is 363. The molecule has 1 heterocycles. The normalized spacial score (nSPS) is 20.1. The van der Waals surface area contributed by atoms with Crippen molar-refractivity contribution in [3.8, 4) is 0 Å². The average molecular weight is 234 g/mol. The van der Waals surface area contributed by atoms with E-state index < -0.39 is 0 Å². The van der Waals surface area contributed by atoms with Gasteiger partial charge >= 0.3 is 0 Å². The van der Waals surface area contributed by atoms with E-state index in [4.69, 9.17) is 10.5 Å². The summed E-state index contributed by atoms with van der Waals surface area (Å²) in [5, 5.41) is 0. The van der Waals surface area contributed by atoms with E-state index in [-0.39, 0.29) is 5.41 Å². The van der Waals surface area contributed by atoms with Crippen molar-refractivity contribution < 1.29 is 4.74 Å². The second kappa shape index (κ2) is 4.77. The van der Waals surface area contributed by atoms with Gasteiger partial charge in [-0.2, -0.15) is 0 Å². The minimum Gasteiger partial charge on any atom is -0.380 e. The Balaban J connectivity index is 2.32. The van der Waals surface area contributed by atoms with Gasteiger partial charge in [0.2, 0.25) is 0 Å². The standard InChI is InChI=1S/C14H22N2O/c1-11-4-6-12(7-5-11)13(16(2)3)14(8-15)9-17-10-14/h4-7,13H,8-10,15H2,1-3H3. The fraction of sp³-hybridized carbons (Fsp3) is 0.571. The van der Waals surface area contributed by atoms with E-state index in [0.29, 0.717) is 12.6 Å². The lowest BCUT2D eigenvalue weighted by atomic mass is 9.74. The van der Waals surface area contributed by atoms with Gasteiger partial charge in [-0.3, -0.25) is 0 Å². The highest BCUT2D eigenvalue weighted by Crippen LogP contribution is 2.42. The van der Waals surface area contributed by atoms with Crippen LogP contribution in [0.2, 0.25) is 0 Å². The van der Waals surface area contributed by atoms with Crippen LogP contribution in [0.5, 0.6) is 0 Å². The predicted octanol–water partition coefficient (Wildman–Crippen LogP) is 1.57. The summed E-state index contributed by atoms with van der Waals surface area (Å²) in [6, 6.07) is 9.07. The molecule has 0 saturated carbocycles. The Hall–Kier alpha value is -0.900. The lowest BCUT2D eigenvalue weighted by Crippen LogP contribution is -2.55. The van der Waals surface area contributed by atoms with Crippen LogP contribution in [0.15, 0.2) is 24.3 Å². The number of hydrogen-bond donors (Lipinski definition) is 1. The zero-order valence-corrected chi connectivity index (χ0v) is 10.9. The van der Waals surface area contributed by atoms with Crippen LogP contribution < -0.4 is 5.73 Å². The maximum atomic E-state index is 5.97. The van der Waals surface area contributed by atoms with Crippen LogP contribution in [0.25, 0.3) is 0 Å². The van der Waals surface area contributed by atoms with Gasteiger partial charge in [0.25, 0.3) is 0 Å². The molecule has 94 valence electrons. The number of aryl methyl sites for hydroxylation is 1. The fourth-order valence-electron chi connectivity index (χ4n) is 2.70. The highest BCUT2D eigenvalue weighted by atomic mass is 16.5. The zero-order valence-electron chi connectivity index (χ0n) is 10.9. The van der Waals surface area contributed by atoms with E-state index in [1.807, 2.05) is 0 Å². The van der Waals surface area contributed by atoms with Crippen LogP contribution in [0.3, 0.4) is 0 Å². The lowest BCUT2D eigenvalue weighted by molar-refractivity contribution is -0.145. The van der Waals surface area contributed by atoms with Crippen LogP contribution in [0, 0.1) is 12.3 Å². The molecule has 3 heteroatoms. The van der Waals surface area contributed by atoms with E-state index in [9.17, 15) is 0 Å². The number of benzene rings is 1. The summed E-state index contributed by atoms with van der Waals surface area (Å²) in [5.41, 5.74) is 8.67. The molecule has 0 amide bonds. The van der Waals surface area contributed by atoms with Gasteiger partial charge in [0.1, 0.15) is 0 Å². The summed E-state index contributed by atoms with van der Waals surface area (Å²) < 4.78 is 5.40. The molecular weight excluding hydrogens is 212 g/mol. The molecule has 0 radical (unpaired) electrons. The molecule has 0 spiro atoms. The number of ether oxygens (including phenoxy) is 1. The molecule has 2 rings (SSSR count). The Labute approximate surface area is 104 Å². The predicted molar refractivity (Wildman–Crippen MR) is 69.9 cm³/mol. The molecule has 2 N–H and O–H groups in total. The first-order chi connectivity index (χ1) is 8.09. The van der Waals surface area contributed by atoms with Gasteiger partial charge in [-0.25, -0.2) is 0 Å². The van der Waals surface area contributed by atoms with Crippen LogP contribution in [-0.4, -0.2) is 38.8 Å². The first kappa shape index (κ1) is 12.6. The second-order valence-corrected chi connectivity index (χ2v) is 5.34. The molecule has 1 aliphatic heterocycles. The van der Waals surface area contributed by atoms with Crippen molar-refractivity contribution in [1.29, 1.82) is 0 Å². The zero-order chi connectivity index (χ0) is 12.5. The molecule has 1 atom stereocenters. The van der Waals surface area contributed by atoms with Crippen LogP contribution in [0.4, 0.5) is 0 Å². The second-order valence-electron chi connectivity index (χ2n) is 5.34. The molecule has 0 aliphatic carbocycles. The summed E-state index contributed by atoms with van der Waals surface area (Å²) in [4.78, 5) is 2.25. The van der Waals surface area contributed by atoms with Gasteiger partial charge in [-0.1, -0.05) is 29.8 Å². The van der Waals surface area contributed by atoms with Crippen molar-refractivity contribution in [3.05, 3.63) is 35.4 Å². The molecular formula is C14H22N2O. The SMILES string of the molecule is Cc1ccc(C(N(C)C)C2(CN)COC2)cc1. The van der Waals surface area contributed by atoms with Crippen LogP contribution in [0.1, 0.15) is 17.2 Å². The number of nitrogens with zero attached hydrogens (tertiary/aromatic N) is 1. The summed E-state index contributed by atoms with van der Waals surface area (Å²) in [5.74, 6) is 0. The smallest absolute Gasteiger partial charge is 0.0575 e.